The molecule has 0 N–H and O–H groups in total. The summed E-state index contributed by atoms with van der Waals surface area (Å²) in [6.07, 6.45) is 13.6. The largest absolute Gasteiger partial charge is 0.339 e. The molecule has 1 fully saturated rings. The van der Waals surface area contributed by atoms with Crippen molar-refractivity contribution in [2.45, 2.75) is 58.3 Å². The highest BCUT2D eigenvalue weighted by atomic mass is 16.2. The van der Waals surface area contributed by atoms with E-state index in [9.17, 15) is 4.79 Å². The normalized spacial score (nSPS) is 16.9. The fourth-order valence-corrected chi connectivity index (χ4v) is 2.09. The van der Waals surface area contributed by atoms with Crippen LogP contribution in [0, 0.1) is 0 Å². The van der Waals surface area contributed by atoms with E-state index in [1.807, 2.05) is 11.0 Å². The quantitative estimate of drug-likeness (QED) is 0.498. The van der Waals surface area contributed by atoms with Gasteiger partial charge >= 0.3 is 0 Å². The molecule has 1 rings (SSSR count). The number of unbranched alkanes of at least 4 members (excludes halogenated alkanes) is 4. The average Bonchev–Trinajstić information content (AvgIpc) is 2.34. The Kier molecular flexibility index (Phi) is 6.95. The first-order valence-corrected chi connectivity index (χ1v) is 6.80. The van der Waals surface area contributed by atoms with Gasteiger partial charge in [0, 0.05) is 13.1 Å². The molecular weight excluding hydrogens is 198 g/mol. The van der Waals surface area contributed by atoms with Crippen molar-refractivity contribution in [2.24, 2.45) is 0 Å². The zero-order valence-electron chi connectivity index (χ0n) is 10.6. The van der Waals surface area contributed by atoms with Crippen LogP contribution >= 0.6 is 0 Å². The molecule has 92 valence electrons. The molecule has 0 aromatic heterocycles. The van der Waals surface area contributed by atoms with E-state index in [1.165, 1.54) is 44.9 Å². The van der Waals surface area contributed by atoms with E-state index in [-0.39, 0.29) is 5.91 Å². The van der Waals surface area contributed by atoms with Crippen molar-refractivity contribution in [1.29, 1.82) is 0 Å². The van der Waals surface area contributed by atoms with Crippen LogP contribution in [-0.2, 0) is 4.79 Å². The fourth-order valence-electron chi connectivity index (χ4n) is 2.09. The summed E-state index contributed by atoms with van der Waals surface area (Å²) in [4.78, 5) is 13.7. The molecule has 1 aliphatic rings. The molecule has 0 spiro atoms. The van der Waals surface area contributed by atoms with Crippen LogP contribution in [0.3, 0.4) is 0 Å². The Hall–Kier alpha value is -0.790. The standard InChI is InChI=1S/C14H25NO/c1-2-3-4-5-6-8-11-14(16)15-12-9-7-10-13-15/h8,11H,2-7,9-10,12-13H2,1H3/b11-8+. The summed E-state index contributed by atoms with van der Waals surface area (Å²) in [7, 11) is 0. The Morgan fingerprint density at radius 1 is 1.12 bits per heavy atom. The number of rotatable bonds is 6. The third-order valence-corrected chi connectivity index (χ3v) is 3.15. The minimum atomic E-state index is 0.218. The molecule has 16 heavy (non-hydrogen) atoms. The number of carbonyl (C=O) groups is 1. The minimum absolute atomic E-state index is 0.218. The van der Waals surface area contributed by atoms with Gasteiger partial charge < -0.3 is 4.90 Å². The predicted molar refractivity (Wildman–Crippen MR) is 68.3 cm³/mol. The van der Waals surface area contributed by atoms with Gasteiger partial charge in [-0.05, 0) is 38.2 Å². The highest BCUT2D eigenvalue weighted by Crippen LogP contribution is 2.09. The van der Waals surface area contributed by atoms with Crippen LogP contribution < -0.4 is 0 Å². The molecule has 0 unspecified atom stereocenters. The maximum Gasteiger partial charge on any atom is 0.246 e. The fraction of sp³-hybridized carbons (Fsp3) is 0.786. The Morgan fingerprint density at radius 2 is 1.88 bits per heavy atom. The van der Waals surface area contributed by atoms with Crippen molar-refractivity contribution < 1.29 is 4.79 Å². The average molecular weight is 223 g/mol. The van der Waals surface area contributed by atoms with Crippen LogP contribution in [0.4, 0.5) is 0 Å². The van der Waals surface area contributed by atoms with Gasteiger partial charge in [0.25, 0.3) is 0 Å². The molecule has 0 aromatic rings. The summed E-state index contributed by atoms with van der Waals surface area (Å²) >= 11 is 0. The molecule has 0 atom stereocenters. The van der Waals surface area contributed by atoms with Gasteiger partial charge in [-0.2, -0.15) is 0 Å². The first kappa shape index (κ1) is 13.3. The second kappa shape index (κ2) is 8.37. The number of allylic oxidation sites excluding steroid dienone is 1. The van der Waals surface area contributed by atoms with Crippen molar-refractivity contribution in [3.05, 3.63) is 12.2 Å². The second-order valence-electron chi connectivity index (χ2n) is 4.64. The maximum atomic E-state index is 11.7. The van der Waals surface area contributed by atoms with Crippen molar-refractivity contribution >= 4 is 5.91 Å². The summed E-state index contributed by atoms with van der Waals surface area (Å²) in [5.74, 6) is 0.218. The van der Waals surface area contributed by atoms with Gasteiger partial charge in [0.15, 0.2) is 0 Å². The monoisotopic (exact) mass is 223 g/mol. The van der Waals surface area contributed by atoms with Crippen LogP contribution in [0.5, 0.6) is 0 Å². The Morgan fingerprint density at radius 3 is 2.56 bits per heavy atom. The third kappa shape index (κ3) is 5.34. The molecule has 1 saturated heterocycles. The van der Waals surface area contributed by atoms with E-state index < -0.39 is 0 Å². The van der Waals surface area contributed by atoms with E-state index in [2.05, 4.69) is 6.92 Å². The van der Waals surface area contributed by atoms with Crippen LogP contribution in [0.2, 0.25) is 0 Å². The first-order chi connectivity index (χ1) is 7.84. The minimum Gasteiger partial charge on any atom is -0.339 e. The van der Waals surface area contributed by atoms with Gasteiger partial charge in [-0.3, -0.25) is 4.79 Å². The zero-order chi connectivity index (χ0) is 11.6. The third-order valence-electron chi connectivity index (χ3n) is 3.15. The number of nitrogens with zero attached hydrogens (tertiary/aromatic N) is 1. The van der Waals surface area contributed by atoms with Gasteiger partial charge in [0.1, 0.15) is 0 Å². The number of hydrogen-bond acceptors (Lipinski definition) is 1. The van der Waals surface area contributed by atoms with E-state index in [1.54, 1.807) is 6.08 Å². The molecule has 0 saturated carbocycles. The van der Waals surface area contributed by atoms with Gasteiger partial charge in [-0.25, -0.2) is 0 Å². The molecule has 0 radical (unpaired) electrons. The molecular formula is C14H25NO. The van der Waals surface area contributed by atoms with Gasteiger partial charge in [0.05, 0.1) is 0 Å². The maximum absolute atomic E-state index is 11.7. The van der Waals surface area contributed by atoms with E-state index in [0.717, 1.165) is 19.5 Å². The Balaban J connectivity index is 2.10. The second-order valence-corrected chi connectivity index (χ2v) is 4.64. The van der Waals surface area contributed by atoms with Gasteiger partial charge in [-0.1, -0.05) is 32.3 Å². The Bertz CT molecular complexity index is 217. The lowest BCUT2D eigenvalue weighted by Crippen LogP contribution is -2.34. The highest BCUT2D eigenvalue weighted by molar-refractivity contribution is 5.87. The lowest BCUT2D eigenvalue weighted by Gasteiger charge is -2.25. The number of amides is 1. The summed E-state index contributed by atoms with van der Waals surface area (Å²) in [5.41, 5.74) is 0. The molecule has 2 heteroatoms. The topological polar surface area (TPSA) is 20.3 Å². The van der Waals surface area contributed by atoms with Crippen molar-refractivity contribution in [3.8, 4) is 0 Å². The number of piperidine rings is 1. The van der Waals surface area contributed by atoms with Crippen LogP contribution in [0.25, 0.3) is 0 Å². The first-order valence-electron chi connectivity index (χ1n) is 6.80. The van der Waals surface area contributed by atoms with Crippen LogP contribution in [0.15, 0.2) is 12.2 Å². The van der Waals surface area contributed by atoms with Gasteiger partial charge in [-0.15, -0.1) is 0 Å². The van der Waals surface area contributed by atoms with Crippen molar-refractivity contribution in [1.82, 2.24) is 4.90 Å². The summed E-state index contributed by atoms with van der Waals surface area (Å²) < 4.78 is 0. The molecule has 1 aliphatic heterocycles. The van der Waals surface area contributed by atoms with E-state index >= 15 is 0 Å². The number of hydrogen-bond donors (Lipinski definition) is 0. The molecule has 1 amide bonds. The SMILES string of the molecule is CCCCCC/C=C/C(=O)N1CCCCC1. The summed E-state index contributed by atoms with van der Waals surface area (Å²) in [5, 5.41) is 0. The lowest BCUT2D eigenvalue weighted by molar-refractivity contribution is -0.126. The zero-order valence-corrected chi connectivity index (χ0v) is 10.6. The van der Waals surface area contributed by atoms with Crippen molar-refractivity contribution in [3.63, 3.8) is 0 Å². The molecule has 2 nitrogen and oxygen atoms in total. The highest BCUT2D eigenvalue weighted by Gasteiger charge is 2.13. The van der Waals surface area contributed by atoms with Gasteiger partial charge in [0.2, 0.25) is 5.91 Å². The predicted octanol–water partition coefficient (Wildman–Crippen LogP) is 3.53. The molecule has 1 heterocycles. The van der Waals surface area contributed by atoms with Crippen LogP contribution in [-0.4, -0.2) is 23.9 Å². The molecule has 0 aromatic carbocycles. The van der Waals surface area contributed by atoms with Crippen molar-refractivity contribution in [2.75, 3.05) is 13.1 Å². The number of likely N-dealkylation sites (tertiary alicyclic amines) is 1. The van der Waals surface area contributed by atoms with Crippen LogP contribution in [0.1, 0.15) is 58.3 Å². The summed E-state index contributed by atoms with van der Waals surface area (Å²) in [6.45, 7) is 4.13. The lowest BCUT2D eigenvalue weighted by atomic mass is 10.1. The summed E-state index contributed by atoms with van der Waals surface area (Å²) in [6, 6.07) is 0. The van der Waals surface area contributed by atoms with E-state index in [4.69, 9.17) is 0 Å². The number of carbonyl (C=O) groups excluding carboxylic acids is 1. The molecule has 0 aliphatic carbocycles. The smallest absolute Gasteiger partial charge is 0.246 e. The Labute approximate surface area is 99.7 Å². The molecule has 0 bridgehead atoms. The van der Waals surface area contributed by atoms with E-state index in [0.29, 0.717) is 0 Å².